The minimum atomic E-state index is 0.476. The first-order valence-corrected chi connectivity index (χ1v) is 8.37. The van der Waals surface area contributed by atoms with Gasteiger partial charge in [-0.15, -0.1) is 0 Å². The molecule has 1 heterocycles. The molecule has 0 aliphatic carbocycles. The van der Waals surface area contributed by atoms with Crippen LogP contribution in [0.1, 0.15) is 44.9 Å². The van der Waals surface area contributed by atoms with Crippen LogP contribution in [-0.2, 0) is 6.42 Å². The Morgan fingerprint density at radius 1 is 1.05 bits per heavy atom. The fourth-order valence-corrected chi connectivity index (χ4v) is 2.66. The van der Waals surface area contributed by atoms with Crippen LogP contribution >= 0.6 is 27.5 Å². The molecule has 0 N–H and O–H groups in total. The van der Waals surface area contributed by atoms with E-state index in [-0.39, 0.29) is 0 Å². The van der Waals surface area contributed by atoms with E-state index < -0.39 is 0 Å². The molecule has 0 unspecified atom stereocenters. The van der Waals surface area contributed by atoms with Crippen LogP contribution in [0.15, 0.2) is 28.7 Å². The van der Waals surface area contributed by atoms with Crippen molar-refractivity contribution in [2.24, 2.45) is 5.92 Å². The average Bonchev–Trinajstić information content (AvgIpc) is 2.43. The molecule has 0 bridgehead atoms. The minimum absolute atomic E-state index is 0.476. The van der Waals surface area contributed by atoms with Gasteiger partial charge in [-0.3, -0.25) is 0 Å². The number of aromatic nitrogens is 2. The van der Waals surface area contributed by atoms with Crippen molar-refractivity contribution in [2.75, 3.05) is 0 Å². The molecule has 0 amide bonds. The largest absolute Gasteiger partial charge is 0.232 e. The maximum atomic E-state index is 6.24. The summed E-state index contributed by atoms with van der Waals surface area (Å²) in [6, 6.07) is 8.38. The molecule has 0 atom stereocenters. The van der Waals surface area contributed by atoms with E-state index in [4.69, 9.17) is 11.6 Å². The molecular weight excluding hydrogens is 348 g/mol. The third-order valence-electron chi connectivity index (χ3n) is 3.32. The second-order valence-electron chi connectivity index (χ2n) is 5.97. The van der Waals surface area contributed by atoms with Crippen LogP contribution in [0.4, 0.5) is 0 Å². The Morgan fingerprint density at radius 2 is 1.67 bits per heavy atom. The Balaban J connectivity index is 2.41. The number of nitrogens with zero attached hydrogens (tertiary/aromatic N) is 2. The summed E-state index contributed by atoms with van der Waals surface area (Å²) in [6.07, 6.45) is 0.875. The van der Waals surface area contributed by atoms with E-state index in [9.17, 15) is 0 Å². The van der Waals surface area contributed by atoms with Crippen LogP contribution in [0.2, 0.25) is 5.15 Å². The van der Waals surface area contributed by atoms with E-state index in [0.717, 1.165) is 22.2 Å². The van der Waals surface area contributed by atoms with E-state index in [1.54, 1.807) is 0 Å². The molecule has 4 heteroatoms. The summed E-state index contributed by atoms with van der Waals surface area (Å²) < 4.78 is 0.806. The lowest BCUT2D eigenvalue weighted by Gasteiger charge is -2.11. The molecule has 1 aromatic heterocycles. The lowest BCUT2D eigenvalue weighted by atomic mass is 10.0. The van der Waals surface area contributed by atoms with Gasteiger partial charge in [0.1, 0.15) is 5.15 Å². The smallest absolute Gasteiger partial charge is 0.161 e. The lowest BCUT2D eigenvalue weighted by molar-refractivity contribution is 0.632. The molecule has 0 radical (unpaired) electrons. The first-order valence-electron chi connectivity index (χ1n) is 7.20. The van der Waals surface area contributed by atoms with Gasteiger partial charge >= 0.3 is 0 Å². The average molecular weight is 368 g/mol. The van der Waals surface area contributed by atoms with Crippen LogP contribution in [0.25, 0.3) is 11.4 Å². The van der Waals surface area contributed by atoms with Gasteiger partial charge in [-0.1, -0.05) is 63.6 Å². The van der Waals surface area contributed by atoms with E-state index in [2.05, 4.69) is 77.9 Å². The minimum Gasteiger partial charge on any atom is -0.232 e. The van der Waals surface area contributed by atoms with Gasteiger partial charge in [0, 0.05) is 5.56 Å². The van der Waals surface area contributed by atoms with Crippen molar-refractivity contribution < 1.29 is 0 Å². The fourth-order valence-electron chi connectivity index (χ4n) is 2.13. The third kappa shape index (κ3) is 4.04. The van der Waals surface area contributed by atoms with Gasteiger partial charge < -0.3 is 0 Å². The molecule has 2 nitrogen and oxygen atoms in total. The molecule has 112 valence electrons. The van der Waals surface area contributed by atoms with E-state index in [1.165, 1.54) is 5.56 Å². The zero-order chi connectivity index (χ0) is 15.6. The van der Waals surface area contributed by atoms with Gasteiger partial charge in [-0.25, -0.2) is 9.97 Å². The summed E-state index contributed by atoms with van der Waals surface area (Å²) in [6.45, 7) is 8.70. The van der Waals surface area contributed by atoms with Crippen molar-refractivity contribution in [3.8, 4) is 11.4 Å². The second kappa shape index (κ2) is 6.89. The Bertz CT molecular complexity index is 621. The van der Waals surface area contributed by atoms with Crippen molar-refractivity contribution in [3.05, 3.63) is 45.1 Å². The zero-order valence-electron chi connectivity index (χ0n) is 12.8. The van der Waals surface area contributed by atoms with Crippen LogP contribution in [0.3, 0.4) is 0 Å². The quantitative estimate of drug-likeness (QED) is 0.630. The van der Waals surface area contributed by atoms with Gasteiger partial charge in [0.2, 0.25) is 0 Å². The van der Waals surface area contributed by atoms with Crippen molar-refractivity contribution in [1.29, 1.82) is 0 Å². The topological polar surface area (TPSA) is 25.8 Å². The van der Waals surface area contributed by atoms with Crippen molar-refractivity contribution in [2.45, 2.75) is 40.0 Å². The molecule has 0 aliphatic rings. The first-order chi connectivity index (χ1) is 9.88. The SMILES string of the molecule is CC(C)Cc1nc(-c2ccc(C(C)C)cc2)nc(Cl)c1Br. The standard InChI is InChI=1S/C17H20BrClN2/c1-10(2)9-14-15(18)16(19)21-17(20-14)13-7-5-12(6-8-13)11(3)4/h5-8,10-11H,9H2,1-4H3. The van der Waals surface area contributed by atoms with Gasteiger partial charge in [-0.05, 0) is 39.8 Å². The summed E-state index contributed by atoms with van der Waals surface area (Å²) in [5.41, 5.74) is 3.27. The first kappa shape index (κ1) is 16.4. The van der Waals surface area contributed by atoms with Gasteiger partial charge in [0.05, 0.1) is 10.2 Å². The van der Waals surface area contributed by atoms with Crippen LogP contribution in [0, 0.1) is 5.92 Å². The molecule has 21 heavy (non-hydrogen) atoms. The Hall–Kier alpha value is -0.930. The number of rotatable bonds is 4. The Kier molecular flexibility index (Phi) is 5.39. The molecule has 0 spiro atoms. The molecule has 0 fully saturated rings. The summed E-state index contributed by atoms with van der Waals surface area (Å²) in [5.74, 6) is 1.72. The van der Waals surface area contributed by atoms with Crippen molar-refractivity contribution >= 4 is 27.5 Å². The van der Waals surface area contributed by atoms with Crippen LogP contribution in [0.5, 0.6) is 0 Å². The summed E-state index contributed by atoms with van der Waals surface area (Å²) in [4.78, 5) is 9.07. The molecule has 0 aliphatic heterocycles. The highest BCUT2D eigenvalue weighted by Crippen LogP contribution is 2.29. The van der Waals surface area contributed by atoms with Gasteiger partial charge in [0.15, 0.2) is 5.82 Å². The van der Waals surface area contributed by atoms with E-state index in [1.807, 2.05) is 0 Å². The molecule has 2 rings (SSSR count). The lowest BCUT2D eigenvalue weighted by Crippen LogP contribution is -2.02. The summed E-state index contributed by atoms with van der Waals surface area (Å²) in [7, 11) is 0. The van der Waals surface area contributed by atoms with Crippen molar-refractivity contribution in [1.82, 2.24) is 9.97 Å². The fraction of sp³-hybridized carbons (Fsp3) is 0.412. The highest BCUT2D eigenvalue weighted by molar-refractivity contribution is 9.10. The number of benzene rings is 1. The van der Waals surface area contributed by atoms with Gasteiger partial charge in [0.25, 0.3) is 0 Å². The maximum Gasteiger partial charge on any atom is 0.161 e. The van der Waals surface area contributed by atoms with Crippen LogP contribution in [-0.4, -0.2) is 9.97 Å². The molecular formula is C17H20BrClN2. The summed E-state index contributed by atoms with van der Waals surface area (Å²) in [5, 5.41) is 0.476. The molecule has 0 saturated heterocycles. The van der Waals surface area contributed by atoms with Gasteiger partial charge in [-0.2, -0.15) is 0 Å². The molecule has 1 aromatic carbocycles. The maximum absolute atomic E-state index is 6.24. The second-order valence-corrected chi connectivity index (χ2v) is 7.12. The van der Waals surface area contributed by atoms with E-state index >= 15 is 0 Å². The predicted molar refractivity (Wildman–Crippen MR) is 92.8 cm³/mol. The highest BCUT2D eigenvalue weighted by atomic mass is 79.9. The van der Waals surface area contributed by atoms with E-state index in [0.29, 0.717) is 22.8 Å². The molecule has 0 saturated carbocycles. The Labute approximate surface area is 140 Å². The third-order valence-corrected chi connectivity index (χ3v) is 4.65. The zero-order valence-corrected chi connectivity index (χ0v) is 15.2. The number of halogens is 2. The monoisotopic (exact) mass is 366 g/mol. The molecule has 2 aromatic rings. The number of hydrogen-bond donors (Lipinski definition) is 0. The highest BCUT2D eigenvalue weighted by Gasteiger charge is 2.13. The Morgan fingerprint density at radius 3 is 2.19 bits per heavy atom. The van der Waals surface area contributed by atoms with Crippen LogP contribution < -0.4 is 0 Å². The van der Waals surface area contributed by atoms with Crippen molar-refractivity contribution in [3.63, 3.8) is 0 Å². The summed E-state index contributed by atoms with van der Waals surface area (Å²) >= 11 is 9.73. The predicted octanol–water partition coefficient (Wildman–Crippen LogP) is 5.88. The number of hydrogen-bond acceptors (Lipinski definition) is 2. The normalized spacial score (nSPS) is 11.4.